The van der Waals surface area contributed by atoms with E-state index in [0.717, 1.165) is 0 Å². The highest BCUT2D eigenvalue weighted by atomic mass is 35.5. The largest absolute Gasteiger partial charge is 0.481 e. The monoisotopic (exact) mass is 373 g/mol. The normalized spacial score (nSPS) is 12.2. The number of carbonyl (C=O) groups is 2. The molecule has 7 heteroatoms. The molecule has 1 aromatic heterocycles. The van der Waals surface area contributed by atoms with Crippen molar-refractivity contribution in [3.63, 3.8) is 0 Å². The van der Waals surface area contributed by atoms with E-state index in [0.29, 0.717) is 22.7 Å². The van der Waals surface area contributed by atoms with Gasteiger partial charge < -0.3 is 9.67 Å². The van der Waals surface area contributed by atoms with E-state index in [2.05, 4.69) is 0 Å². The molecule has 0 bridgehead atoms. The number of carboxylic acids is 1. The predicted molar refractivity (Wildman–Crippen MR) is 91.0 cm³/mol. The number of aliphatic carboxylic acids is 1. The number of ketones is 1. The van der Waals surface area contributed by atoms with Gasteiger partial charge in [0.15, 0.2) is 0 Å². The highest BCUT2D eigenvalue weighted by molar-refractivity contribution is 6.42. The van der Waals surface area contributed by atoms with Gasteiger partial charge in [0.1, 0.15) is 5.69 Å². The molecule has 0 saturated carbocycles. The van der Waals surface area contributed by atoms with Gasteiger partial charge in [0.05, 0.1) is 21.0 Å². The minimum Gasteiger partial charge on any atom is -0.481 e. The van der Waals surface area contributed by atoms with E-state index in [1.165, 1.54) is 22.8 Å². The second kappa shape index (κ2) is 6.95. The number of aromatic nitrogens is 1. The molecule has 1 N–H and O–H groups in total. The van der Waals surface area contributed by atoms with Gasteiger partial charge in [-0.15, -0.1) is 0 Å². The molecule has 0 spiro atoms. The van der Waals surface area contributed by atoms with Gasteiger partial charge in [-0.3, -0.25) is 9.59 Å². The fourth-order valence-corrected chi connectivity index (χ4v) is 3.09. The van der Waals surface area contributed by atoms with E-state index in [-0.39, 0.29) is 21.5 Å². The van der Waals surface area contributed by atoms with Gasteiger partial charge in [0, 0.05) is 18.3 Å². The SMILES string of the molecule is CCC(C(=O)O)c1cc(Cl)c(C(=O)c2ccc(Cl)c(Cl)c2)n1C. The van der Waals surface area contributed by atoms with E-state index in [4.69, 9.17) is 34.8 Å². The average molecular weight is 375 g/mol. The van der Waals surface area contributed by atoms with Crippen molar-refractivity contribution in [3.05, 3.63) is 56.3 Å². The standard InChI is InChI=1S/C16H14Cl3NO3/c1-3-9(16(22)23)13-7-12(19)14(20(13)2)15(21)8-4-5-10(17)11(18)6-8/h4-7,9H,3H2,1-2H3,(H,22,23). The summed E-state index contributed by atoms with van der Waals surface area (Å²) in [7, 11) is 1.62. The first-order chi connectivity index (χ1) is 10.8. The van der Waals surface area contributed by atoms with E-state index < -0.39 is 11.9 Å². The summed E-state index contributed by atoms with van der Waals surface area (Å²) >= 11 is 18.0. The molecule has 1 unspecified atom stereocenters. The molecule has 0 amide bonds. The van der Waals surface area contributed by atoms with E-state index in [9.17, 15) is 14.7 Å². The number of carboxylic acid groups (broad SMARTS) is 1. The van der Waals surface area contributed by atoms with Crippen LogP contribution in [0.4, 0.5) is 0 Å². The Kier molecular flexibility index (Phi) is 5.40. The summed E-state index contributed by atoms with van der Waals surface area (Å²) in [6, 6.07) is 6.06. The lowest BCUT2D eigenvalue weighted by atomic mass is 10.0. The van der Waals surface area contributed by atoms with Crippen LogP contribution < -0.4 is 0 Å². The van der Waals surface area contributed by atoms with Gasteiger partial charge in [-0.25, -0.2) is 0 Å². The molecule has 1 heterocycles. The van der Waals surface area contributed by atoms with Crippen molar-refractivity contribution in [3.8, 4) is 0 Å². The second-order valence-electron chi connectivity index (χ2n) is 5.08. The molecular weight excluding hydrogens is 361 g/mol. The molecule has 0 aliphatic heterocycles. The van der Waals surface area contributed by atoms with Crippen LogP contribution in [-0.2, 0) is 11.8 Å². The number of nitrogens with zero attached hydrogens (tertiary/aromatic N) is 1. The van der Waals surface area contributed by atoms with Crippen LogP contribution in [0.15, 0.2) is 24.3 Å². The summed E-state index contributed by atoms with van der Waals surface area (Å²) in [6.07, 6.45) is 0.393. The molecule has 0 radical (unpaired) electrons. The number of halogens is 3. The van der Waals surface area contributed by atoms with Gasteiger partial charge in [0.2, 0.25) is 5.78 Å². The molecule has 0 aliphatic carbocycles. The smallest absolute Gasteiger partial charge is 0.312 e. The van der Waals surface area contributed by atoms with Crippen molar-refractivity contribution >= 4 is 46.6 Å². The highest BCUT2D eigenvalue weighted by Crippen LogP contribution is 2.31. The van der Waals surface area contributed by atoms with Crippen molar-refractivity contribution in [1.29, 1.82) is 0 Å². The number of hydrogen-bond donors (Lipinski definition) is 1. The fraction of sp³-hybridized carbons (Fsp3) is 0.250. The zero-order chi connectivity index (χ0) is 17.3. The molecule has 23 heavy (non-hydrogen) atoms. The van der Waals surface area contributed by atoms with Gasteiger partial charge in [-0.2, -0.15) is 0 Å². The predicted octanol–water partition coefficient (Wildman–Crippen LogP) is 4.79. The van der Waals surface area contributed by atoms with Crippen molar-refractivity contribution < 1.29 is 14.7 Å². The number of hydrogen-bond acceptors (Lipinski definition) is 2. The Morgan fingerprint density at radius 3 is 2.30 bits per heavy atom. The zero-order valence-electron chi connectivity index (χ0n) is 12.4. The van der Waals surface area contributed by atoms with Crippen LogP contribution in [-0.4, -0.2) is 21.4 Å². The first-order valence-corrected chi connectivity index (χ1v) is 7.99. The number of benzene rings is 1. The minimum absolute atomic E-state index is 0.207. The lowest BCUT2D eigenvalue weighted by molar-refractivity contribution is -0.139. The summed E-state index contributed by atoms with van der Waals surface area (Å²) < 4.78 is 1.52. The van der Waals surface area contributed by atoms with Gasteiger partial charge >= 0.3 is 5.97 Å². The van der Waals surface area contributed by atoms with Crippen LogP contribution in [0.25, 0.3) is 0 Å². The summed E-state index contributed by atoms with van der Waals surface area (Å²) in [5, 5.41) is 10.1. The summed E-state index contributed by atoms with van der Waals surface area (Å²) in [4.78, 5) is 24.0. The Balaban J connectivity index is 2.51. The van der Waals surface area contributed by atoms with Crippen molar-refractivity contribution in [1.82, 2.24) is 4.57 Å². The fourth-order valence-electron chi connectivity index (χ4n) is 2.46. The molecule has 4 nitrogen and oxygen atoms in total. The second-order valence-corrected chi connectivity index (χ2v) is 6.30. The Labute approximate surface area is 148 Å². The van der Waals surface area contributed by atoms with E-state index >= 15 is 0 Å². The molecule has 1 aromatic carbocycles. The van der Waals surface area contributed by atoms with Crippen LogP contribution in [0.3, 0.4) is 0 Å². The van der Waals surface area contributed by atoms with Gasteiger partial charge in [-0.1, -0.05) is 41.7 Å². The Morgan fingerprint density at radius 2 is 1.78 bits per heavy atom. The topological polar surface area (TPSA) is 59.3 Å². The first kappa shape index (κ1) is 17.9. The maximum absolute atomic E-state index is 12.7. The lowest BCUT2D eigenvalue weighted by Crippen LogP contribution is -2.16. The Morgan fingerprint density at radius 1 is 1.13 bits per heavy atom. The molecule has 0 aliphatic rings. The Hall–Kier alpha value is -1.49. The highest BCUT2D eigenvalue weighted by Gasteiger charge is 2.27. The molecule has 0 saturated heterocycles. The third kappa shape index (κ3) is 3.39. The van der Waals surface area contributed by atoms with Crippen LogP contribution in [0.1, 0.15) is 41.0 Å². The number of carbonyl (C=O) groups excluding carboxylic acids is 1. The molecular formula is C16H14Cl3NO3. The minimum atomic E-state index is -0.960. The molecule has 1 atom stereocenters. The zero-order valence-corrected chi connectivity index (χ0v) is 14.7. The summed E-state index contributed by atoms with van der Waals surface area (Å²) in [6.45, 7) is 1.76. The molecule has 122 valence electrons. The number of rotatable bonds is 5. The third-order valence-corrected chi connectivity index (χ3v) is 4.71. The lowest BCUT2D eigenvalue weighted by Gasteiger charge is -2.13. The summed E-state index contributed by atoms with van der Waals surface area (Å²) in [5.74, 6) is -2.03. The molecule has 2 rings (SSSR count). The maximum atomic E-state index is 12.7. The molecule has 0 fully saturated rings. The van der Waals surface area contributed by atoms with Gasteiger partial charge in [-0.05, 0) is 30.7 Å². The van der Waals surface area contributed by atoms with Crippen LogP contribution in [0, 0.1) is 0 Å². The van der Waals surface area contributed by atoms with Crippen LogP contribution in [0.5, 0.6) is 0 Å². The van der Waals surface area contributed by atoms with Crippen molar-refractivity contribution in [2.45, 2.75) is 19.3 Å². The quantitative estimate of drug-likeness (QED) is 0.765. The van der Waals surface area contributed by atoms with E-state index in [1.54, 1.807) is 20.0 Å². The van der Waals surface area contributed by atoms with Crippen molar-refractivity contribution in [2.24, 2.45) is 7.05 Å². The van der Waals surface area contributed by atoms with Crippen LogP contribution in [0.2, 0.25) is 15.1 Å². The first-order valence-electron chi connectivity index (χ1n) is 6.85. The third-order valence-electron chi connectivity index (χ3n) is 3.68. The average Bonchev–Trinajstić information content (AvgIpc) is 2.77. The van der Waals surface area contributed by atoms with Crippen molar-refractivity contribution in [2.75, 3.05) is 0 Å². The summed E-state index contributed by atoms with van der Waals surface area (Å²) in [5.41, 5.74) is 1.03. The maximum Gasteiger partial charge on any atom is 0.312 e. The van der Waals surface area contributed by atoms with E-state index in [1.807, 2.05) is 0 Å². The van der Waals surface area contributed by atoms with Crippen LogP contribution >= 0.6 is 34.8 Å². The van der Waals surface area contributed by atoms with Gasteiger partial charge in [0.25, 0.3) is 0 Å². The Bertz CT molecular complexity index is 783. The molecule has 2 aromatic rings.